The molecule has 0 saturated carbocycles. The Morgan fingerprint density at radius 2 is 2.09 bits per heavy atom. The topological polar surface area (TPSA) is 131 Å². The summed E-state index contributed by atoms with van der Waals surface area (Å²) in [6.07, 6.45) is 4.63. The van der Waals surface area contributed by atoms with Crippen molar-refractivity contribution < 1.29 is 27.8 Å². The van der Waals surface area contributed by atoms with Gasteiger partial charge in [0, 0.05) is 48.2 Å². The fourth-order valence-electron chi connectivity index (χ4n) is 7.74. The van der Waals surface area contributed by atoms with Gasteiger partial charge in [0.2, 0.25) is 0 Å². The number of carbonyl (C=O) groups is 1. The van der Waals surface area contributed by atoms with Crippen LogP contribution in [0, 0.1) is 5.82 Å². The number of nitrogens with zero attached hydrogens (tertiary/aromatic N) is 6. The molecule has 3 saturated heterocycles. The van der Waals surface area contributed by atoms with Crippen molar-refractivity contribution in [1.29, 1.82) is 0 Å². The summed E-state index contributed by atoms with van der Waals surface area (Å²) in [5, 5.41) is 11.5. The summed E-state index contributed by atoms with van der Waals surface area (Å²) in [7, 11) is 0. The number of benzene rings is 1. The van der Waals surface area contributed by atoms with E-state index in [0.29, 0.717) is 77.2 Å². The Bertz CT molecular complexity index is 1880. The average Bonchev–Trinajstić information content (AvgIpc) is 3.69. The second-order valence-corrected chi connectivity index (χ2v) is 13.7. The maximum atomic E-state index is 17.1. The summed E-state index contributed by atoms with van der Waals surface area (Å²) in [4.78, 5) is 31.1. The molecular formula is C32H35ClF2N8O4. The molecule has 248 valence electrons. The van der Waals surface area contributed by atoms with Crippen LogP contribution in [-0.4, -0.2) is 106 Å². The van der Waals surface area contributed by atoms with Gasteiger partial charge >= 0.3 is 12.1 Å². The van der Waals surface area contributed by atoms with E-state index in [1.165, 1.54) is 0 Å². The normalized spacial score (nSPS) is 26.8. The van der Waals surface area contributed by atoms with Crippen molar-refractivity contribution in [2.45, 2.75) is 56.3 Å². The van der Waals surface area contributed by atoms with Gasteiger partial charge in [0.05, 0.1) is 48.0 Å². The third-order valence-corrected chi connectivity index (χ3v) is 10.2. The van der Waals surface area contributed by atoms with Gasteiger partial charge in [0.1, 0.15) is 29.8 Å². The number of alkyl halides is 1. The van der Waals surface area contributed by atoms with E-state index >= 15 is 4.39 Å². The summed E-state index contributed by atoms with van der Waals surface area (Å²) in [6.45, 7) is 4.60. The van der Waals surface area contributed by atoms with E-state index in [1.54, 1.807) is 18.5 Å². The molecular weight excluding hydrogens is 634 g/mol. The highest BCUT2D eigenvalue weighted by atomic mass is 35.5. The average molecular weight is 669 g/mol. The van der Waals surface area contributed by atoms with Crippen LogP contribution in [0.15, 0.2) is 18.5 Å². The number of fused-ring (bicyclic) bond motifs is 8. The third-order valence-electron chi connectivity index (χ3n) is 9.88. The minimum Gasteiger partial charge on any atom is -0.461 e. The van der Waals surface area contributed by atoms with Crippen LogP contribution in [0.25, 0.3) is 33.1 Å². The van der Waals surface area contributed by atoms with Gasteiger partial charge in [-0.1, -0.05) is 11.6 Å². The molecule has 0 spiro atoms. The number of ether oxygens (including phenoxy) is 3. The number of aromatic nitrogens is 5. The monoisotopic (exact) mass is 668 g/mol. The molecule has 0 aliphatic carbocycles. The largest absolute Gasteiger partial charge is 0.461 e. The smallest absolute Gasteiger partial charge is 0.407 e. The highest BCUT2D eigenvalue weighted by molar-refractivity contribution is 6.33. The van der Waals surface area contributed by atoms with E-state index in [2.05, 4.69) is 30.4 Å². The Kier molecular flexibility index (Phi) is 7.56. The molecule has 6 bridgehead atoms. The number of anilines is 1. The molecule has 4 aromatic rings. The Balaban J connectivity index is 1.31. The zero-order valence-electron chi connectivity index (χ0n) is 26.0. The molecule has 3 aromatic heterocycles. The number of nitrogens with one attached hydrogen (secondary N) is 2. The molecule has 1 amide bonds. The first-order valence-corrected chi connectivity index (χ1v) is 16.4. The highest BCUT2D eigenvalue weighted by Gasteiger charge is 2.49. The van der Waals surface area contributed by atoms with E-state index in [-0.39, 0.29) is 43.6 Å². The summed E-state index contributed by atoms with van der Waals surface area (Å²) in [5.41, 5.74) is 0.530. The third kappa shape index (κ3) is 5.39. The molecule has 3 atom stereocenters. The first-order chi connectivity index (χ1) is 22.7. The van der Waals surface area contributed by atoms with Gasteiger partial charge in [-0.3, -0.25) is 15.0 Å². The summed E-state index contributed by atoms with van der Waals surface area (Å²) < 4.78 is 49.3. The van der Waals surface area contributed by atoms with Gasteiger partial charge in [-0.2, -0.15) is 15.1 Å². The van der Waals surface area contributed by atoms with E-state index in [0.717, 1.165) is 19.4 Å². The predicted octanol–water partition coefficient (Wildman–Crippen LogP) is 4.58. The number of carbonyl (C=O) groups excluding carboxylic acids is 1. The van der Waals surface area contributed by atoms with Crippen molar-refractivity contribution in [3.63, 3.8) is 0 Å². The molecule has 47 heavy (non-hydrogen) atoms. The first-order valence-electron chi connectivity index (χ1n) is 16.0. The van der Waals surface area contributed by atoms with Crippen LogP contribution in [-0.2, 0) is 15.9 Å². The Morgan fingerprint density at radius 1 is 1.19 bits per heavy atom. The van der Waals surface area contributed by atoms with Gasteiger partial charge in [-0.15, -0.1) is 0 Å². The summed E-state index contributed by atoms with van der Waals surface area (Å²) in [6, 6.07) is 1.72. The molecule has 0 unspecified atom stereocenters. The number of aromatic amines is 1. The number of hydrogen-bond acceptors (Lipinski definition) is 10. The molecule has 12 nitrogen and oxygen atoms in total. The van der Waals surface area contributed by atoms with Crippen LogP contribution in [0.2, 0.25) is 5.02 Å². The molecule has 15 heteroatoms. The Morgan fingerprint density at radius 3 is 2.98 bits per heavy atom. The zero-order chi connectivity index (χ0) is 32.3. The van der Waals surface area contributed by atoms with Crippen molar-refractivity contribution in [3.8, 4) is 17.3 Å². The fourth-order valence-corrected chi connectivity index (χ4v) is 8.03. The molecule has 0 radical (unpaired) electrons. The molecule has 9 rings (SSSR count). The first kappa shape index (κ1) is 30.5. The Hall–Kier alpha value is -3.88. The van der Waals surface area contributed by atoms with Crippen LogP contribution in [0.5, 0.6) is 6.01 Å². The Labute approximate surface area is 274 Å². The number of alkyl carbamates (subject to hydrolysis) is 1. The fraction of sp³-hybridized carbons (Fsp3) is 0.531. The maximum Gasteiger partial charge on any atom is 0.407 e. The lowest BCUT2D eigenvalue weighted by molar-refractivity contribution is 0.0870. The highest BCUT2D eigenvalue weighted by Crippen LogP contribution is 2.42. The lowest BCUT2D eigenvalue weighted by Crippen LogP contribution is -2.55. The van der Waals surface area contributed by atoms with Crippen LogP contribution in [0.3, 0.4) is 0 Å². The van der Waals surface area contributed by atoms with Crippen molar-refractivity contribution in [3.05, 3.63) is 34.9 Å². The van der Waals surface area contributed by atoms with Crippen LogP contribution in [0.1, 0.15) is 38.2 Å². The predicted molar refractivity (Wildman–Crippen MR) is 170 cm³/mol. The van der Waals surface area contributed by atoms with Gasteiger partial charge in [-0.05, 0) is 50.8 Å². The lowest BCUT2D eigenvalue weighted by atomic mass is 9.95. The molecule has 2 N–H and O–H groups in total. The van der Waals surface area contributed by atoms with Crippen LogP contribution in [0.4, 0.5) is 19.4 Å². The molecule has 8 heterocycles. The van der Waals surface area contributed by atoms with Gasteiger partial charge in [0.15, 0.2) is 5.82 Å². The van der Waals surface area contributed by atoms with Crippen molar-refractivity contribution in [2.24, 2.45) is 0 Å². The van der Waals surface area contributed by atoms with Gasteiger partial charge in [-0.25, -0.2) is 13.6 Å². The van der Waals surface area contributed by atoms with E-state index in [4.69, 9.17) is 30.8 Å². The molecule has 1 aromatic carbocycles. The van der Waals surface area contributed by atoms with Crippen molar-refractivity contribution >= 4 is 45.3 Å². The second-order valence-electron chi connectivity index (χ2n) is 13.3. The van der Waals surface area contributed by atoms with Crippen molar-refractivity contribution in [1.82, 2.24) is 35.4 Å². The number of pyridine rings is 1. The van der Waals surface area contributed by atoms with Gasteiger partial charge in [0.25, 0.3) is 0 Å². The summed E-state index contributed by atoms with van der Waals surface area (Å²) >= 11 is 6.78. The minimum atomic E-state index is -0.925. The molecule has 5 aliphatic rings. The second kappa shape index (κ2) is 11.7. The van der Waals surface area contributed by atoms with E-state index in [9.17, 15) is 9.18 Å². The lowest BCUT2D eigenvalue weighted by Gasteiger charge is -2.34. The summed E-state index contributed by atoms with van der Waals surface area (Å²) in [5.74, 6) is -0.268. The molecule has 3 fully saturated rings. The number of halogens is 3. The number of rotatable bonds is 3. The van der Waals surface area contributed by atoms with E-state index in [1.807, 2.05) is 11.8 Å². The maximum absolute atomic E-state index is 17.1. The zero-order valence-corrected chi connectivity index (χ0v) is 26.7. The van der Waals surface area contributed by atoms with Crippen LogP contribution < -0.4 is 15.0 Å². The van der Waals surface area contributed by atoms with Crippen LogP contribution >= 0.6 is 11.6 Å². The number of amides is 1. The molecule has 5 aliphatic heterocycles. The van der Waals surface area contributed by atoms with E-state index < -0.39 is 29.2 Å². The van der Waals surface area contributed by atoms with Crippen molar-refractivity contribution in [2.75, 3.05) is 57.5 Å². The van der Waals surface area contributed by atoms with Gasteiger partial charge < -0.3 is 24.4 Å². The SMILES string of the molecule is C[C@@]12COCCN(C1)c1nc(OC[C@@]34CCCN3C[C@H](F)C4)nc3c(F)c(ncc13)-c1c(c(Cl)cc3[nH]ncc13)CCCOC(=O)N2. The number of H-pyrrole nitrogens is 1. The number of hydrogen-bond donors (Lipinski definition) is 2. The minimum absolute atomic E-state index is 0.0211. The standard InChI is InChI=1S/C32H35ClF2N8O4/c1-31-15-42(7-9-45-16-31)28-21-12-36-27(24-19(4-2-8-46-30(44)40-31)22(33)10-23-20(24)13-37-41-23)25(35)26(21)38-29(39-28)47-17-32-5-3-6-43(32)14-18(34)11-32/h10,12-13,18H,2-9,11,14-17H2,1H3,(H,37,41)(H,40,44)/t18-,31+,32+/m1/s1. The quantitative estimate of drug-likeness (QED) is 0.320.